The molecule has 6 nitrogen and oxygen atoms in total. The van der Waals surface area contributed by atoms with Crippen LogP contribution in [0.2, 0.25) is 0 Å². The summed E-state index contributed by atoms with van der Waals surface area (Å²) < 4.78 is 1.77. The Hall–Kier alpha value is -1.55. The quantitative estimate of drug-likeness (QED) is 0.853. The van der Waals surface area contributed by atoms with Gasteiger partial charge in [0.15, 0.2) is 5.16 Å². The molecule has 0 bridgehead atoms. The first kappa shape index (κ1) is 14.9. The second kappa shape index (κ2) is 6.27. The Balaban J connectivity index is 1.97. The van der Waals surface area contributed by atoms with E-state index in [1.54, 1.807) is 10.9 Å². The van der Waals surface area contributed by atoms with Gasteiger partial charge in [-0.25, -0.2) is 0 Å². The third-order valence-electron chi connectivity index (χ3n) is 3.60. The first-order chi connectivity index (χ1) is 9.56. The Bertz CT molecular complexity index is 515. The molecule has 7 heteroatoms. The minimum absolute atomic E-state index is 0.110. The van der Waals surface area contributed by atoms with E-state index in [4.69, 9.17) is 0 Å². The number of aryl methyl sites for hydroxylation is 1. The predicted molar refractivity (Wildman–Crippen MR) is 75.9 cm³/mol. The molecule has 1 aromatic rings. The largest absolute Gasteiger partial charge is 0.337 e. The van der Waals surface area contributed by atoms with Crippen LogP contribution >= 0.6 is 11.8 Å². The zero-order valence-electron chi connectivity index (χ0n) is 11.8. The smallest absolute Gasteiger partial charge is 0.234 e. The maximum absolute atomic E-state index is 12.3. The molecule has 0 aliphatic heterocycles. The van der Waals surface area contributed by atoms with Crippen LogP contribution in [0.15, 0.2) is 11.5 Å². The summed E-state index contributed by atoms with van der Waals surface area (Å²) in [4.78, 5) is 12.3. The van der Waals surface area contributed by atoms with Crippen LogP contribution in [-0.4, -0.2) is 31.5 Å². The molecule has 0 saturated heterocycles. The number of nitriles is 1. The van der Waals surface area contributed by atoms with Crippen LogP contribution < -0.4 is 5.32 Å². The van der Waals surface area contributed by atoms with Crippen LogP contribution in [0.5, 0.6) is 0 Å². The number of hydrogen-bond donors (Lipinski definition) is 1. The van der Waals surface area contributed by atoms with E-state index in [2.05, 4.69) is 21.6 Å². The third kappa shape index (κ3) is 3.31. The molecule has 2 rings (SSSR count). The van der Waals surface area contributed by atoms with Crippen LogP contribution in [0, 0.1) is 11.3 Å². The van der Waals surface area contributed by atoms with Gasteiger partial charge in [-0.1, -0.05) is 31.0 Å². The highest BCUT2D eigenvalue weighted by molar-refractivity contribution is 8.00. The fourth-order valence-corrected chi connectivity index (χ4v) is 3.14. The summed E-state index contributed by atoms with van der Waals surface area (Å²) in [7, 11) is 1.84. The van der Waals surface area contributed by atoms with Crippen LogP contribution in [0.4, 0.5) is 0 Å². The molecule has 1 aliphatic rings. The van der Waals surface area contributed by atoms with Crippen molar-refractivity contribution in [1.29, 1.82) is 5.26 Å². The lowest BCUT2D eigenvalue weighted by molar-refractivity contribution is -0.121. The Labute approximate surface area is 122 Å². The molecular formula is C13H19N5OS. The van der Waals surface area contributed by atoms with Gasteiger partial charge in [-0.05, 0) is 19.8 Å². The summed E-state index contributed by atoms with van der Waals surface area (Å²) in [5.74, 6) is -0.110. The molecule has 0 radical (unpaired) electrons. The van der Waals surface area contributed by atoms with Gasteiger partial charge in [-0.15, -0.1) is 10.2 Å². The first-order valence-electron chi connectivity index (χ1n) is 6.80. The van der Waals surface area contributed by atoms with Crippen LogP contribution in [-0.2, 0) is 11.8 Å². The molecule has 1 N–H and O–H groups in total. The van der Waals surface area contributed by atoms with E-state index in [0.29, 0.717) is 5.16 Å². The van der Waals surface area contributed by atoms with E-state index < -0.39 is 5.54 Å². The minimum atomic E-state index is -0.677. The van der Waals surface area contributed by atoms with E-state index in [9.17, 15) is 10.1 Å². The Morgan fingerprint density at radius 3 is 2.80 bits per heavy atom. The van der Waals surface area contributed by atoms with Crippen molar-refractivity contribution in [3.63, 3.8) is 0 Å². The number of nitrogens with one attached hydrogen (secondary N) is 1. The lowest BCUT2D eigenvalue weighted by Crippen LogP contribution is -2.50. The van der Waals surface area contributed by atoms with Crippen molar-refractivity contribution >= 4 is 17.7 Å². The monoisotopic (exact) mass is 293 g/mol. The van der Waals surface area contributed by atoms with Gasteiger partial charge in [0.25, 0.3) is 0 Å². The lowest BCUT2D eigenvalue weighted by Gasteiger charge is -2.32. The fourth-order valence-electron chi connectivity index (χ4n) is 2.35. The Kier molecular flexibility index (Phi) is 4.65. The average molecular weight is 293 g/mol. The van der Waals surface area contributed by atoms with E-state index in [-0.39, 0.29) is 11.2 Å². The molecule has 1 unspecified atom stereocenters. The van der Waals surface area contributed by atoms with Crippen LogP contribution in [0.3, 0.4) is 0 Å². The van der Waals surface area contributed by atoms with Crippen molar-refractivity contribution in [3.05, 3.63) is 6.33 Å². The van der Waals surface area contributed by atoms with Gasteiger partial charge in [0, 0.05) is 7.05 Å². The second-order valence-electron chi connectivity index (χ2n) is 5.23. The van der Waals surface area contributed by atoms with E-state index >= 15 is 0 Å². The summed E-state index contributed by atoms with van der Waals surface area (Å²) in [5, 5.41) is 20.4. The molecule has 1 amide bonds. The molecule has 1 fully saturated rings. The number of nitrogens with zero attached hydrogens (tertiary/aromatic N) is 4. The van der Waals surface area contributed by atoms with Crippen LogP contribution in [0.1, 0.15) is 39.0 Å². The standard InChI is InChI=1S/C13H19N5OS/c1-10(20-12-17-15-9-18(12)2)11(19)16-13(8-14)6-4-3-5-7-13/h9-10H,3-7H2,1-2H3,(H,16,19). The summed E-state index contributed by atoms with van der Waals surface area (Å²) in [6, 6.07) is 2.30. The highest BCUT2D eigenvalue weighted by Gasteiger charge is 2.35. The van der Waals surface area contributed by atoms with Gasteiger partial charge >= 0.3 is 0 Å². The Morgan fingerprint density at radius 1 is 1.55 bits per heavy atom. The van der Waals surface area contributed by atoms with Gasteiger partial charge < -0.3 is 9.88 Å². The van der Waals surface area contributed by atoms with Crippen molar-refractivity contribution < 1.29 is 4.79 Å². The molecule has 1 saturated carbocycles. The number of carbonyl (C=O) groups is 1. The predicted octanol–water partition coefficient (Wildman–Crippen LogP) is 1.64. The molecule has 108 valence electrons. The number of hydrogen-bond acceptors (Lipinski definition) is 5. The van der Waals surface area contributed by atoms with Gasteiger partial charge in [0.1, 0.15) is 11.9 Å². The minimum Gasteiger partial charge on any atom is -0.337 e. The number of rotatable bonds is 4. The number of amides is 1. The molecule has 1 aliphatic carbocycles. The zero-order valence-corrected chi connectivity index (χ0v) is 12.6. The number of aromatic nitrogens is 3. The van der Waals surface area contributed by atoms with Gasteiger partial charge in [0.05, 0.1) is 11.3 Å². The lowest BCUT2D eigenvalue weighted by atomic mass is 9.83. The van der Waals surface area contributed by atoms with E-state index in [0.717, 1.165) is 32.1 Å². The molecule has 1 atom stereocenters. The summed E-state index contributed by atoms with van der Waals surface area (Å²) in [6.07, 6.45) is 6.23. The number of thioether (sulfide) groups is 1. The third-order valence-corrected chi connectivity index (χ3v) is 4.75. The molecular weight excluding hydrogens is 274 g/mol. The maximum atomic E-state index is 12.3. The topological polar surface area (TPSA) is 83.6 Å². The molecule has 0 aromatic carbocycles. The zero-order chi connectivity index (χ0) is 14.6. The van der Waals surface area contributed by atoms with Gasteiger partial charge in [-0.3, -0.25) is 4.79 Å². The van der Waals surface area contributed by atoms with Crippen molar-refractivity contribution in [2.75, 3.05) is 0 Å². The van der Waals surface area contributed by atoms with Gasteiger partial charge in [-0.2, -0.15) is 5.26 Å². The second-order valence-corrected chi connectivity index (χ2v) is 6.54. The summed E-state index contributed by atoms with van der Waals surface area (Å²) in [6.45, 7) is 1.82. The van der Waals surface area contributed by atoms with Crippen molar-refractivity contribution in [2.45, 2.75) is 55.0 Å². The van der Waals surface area contributed by atoms with Crippen LogP contribution in [0.25, 0.3) is 0 Å². The highest BCUT2D eigenvalue weighted by atomic mass is 32.2. The van der Waals surface area contributed by atoms with Gasteiger partial charge in [0.2, 0.25) is 5.91 Å². The first-order valence-corrected chi connectivity index (χ1v) is 7.68. The van der Waals surface area contributed by atoms with E-state index in [1.807, 2.05) is 14.0 Å². The molecule has 20 heavy (non-hydrogen) atoms. The normalized spacial score (nSPS) is 19.1. The molecule has 1 aromatic heterocycles. The SMILES string of the molecule is CC(Sc1nncn1C)C(=O)NC1(C#N)CCCCC1. The summed E-state index contributed by atoms with van der Waals surface area (Å²) >= 11 is 1.35. The van der Waals surface area contributed by atoms with E-state index in [1.165, 1.54) is 11.8 Å². The van der Waals surface area contributed by atoms with Crippen molar-refractivity contribution in [1.82, 2.24) is 20.1 Å². The van der Waals surface area contributed by atoms with Crippen molar-refractivity contribution in [2.24, 2.45) is 7.05 Å². The van der Waals surface area contributed by atoms with Crippen molar-refractivity contribution in [3.8, 4) is 6.07 Å². The fraction of sp³-hybridized carbons (Fsp3) is 0.692. The highest BCUT2D eigenvalue weighted by Crippen LogP contribution is 2.28. The molecule has 0 spiro atoms. The molecule has 1 heterocycles. The Morgan fingerprint density at radius 2 is 2.25 bits per heavy atom. The average Bonchev–Trinajstić information content (AvgIpc) is 2.85. The maximum Gasteiger partial charge on any atom is 0.234 e. The summed E-state index contributed by atoms with van der Waals surface area (Å²) in [5.41, 5.74) is -0.677. The number of carbonyl (C=O) groups excluding carboxylic acids is 1.